The predicted octanol–water partition coefficient (Wildman–Crippen LogP) is 8.73. The first-order chi connectivity index (χ1) is 15.1. The molecule has 0 aliphatic heterocycles. The van der Waals surface area contributed by atoms with E-state index in [1.807, 2.05) is 68.4 Å². The fourth-order valence-electron chi connectivity index (χ4n) is 3.03. The Bertz CT molecular complexity index is 1070. The number of halogens is 3. The van der Waals surface area contributed by atoms with Crippen molar-refractivity contribution in [1.82, 2.24) is 4.98 Å². The minimum absolute atomic E-state index is 0.0363. The van der Waals surface area contributed by atoms with E-state index in [-0.39, 0.29) is 5.41 Å². The van der Waals surface area contributed by atoms with Gasteiger partial charge in [0.1, 0.15) is 0 Å². The molecule has 32 heavy (non-hydrogen) atoms. The molecule has 0 amide bonds. The van der Waals surface area contributed by atoms with Crippen LogP contribution >= 0.6 is 17.4 Å². The number of benzene rings is 2. The Morgan fingerprint density at radius 3 is 1.78 bits per heavy atom. The Hall–Kier alpha value is -0.849. The summed E-state index contributed by atoms with van der Waals surface area (Å²) in [5.41, 5.74) is 6.69. The number of para-hydroxylation sites is 2. The zero-order chi connectivity index (χ0) is 23.7. The molecular weight excluding hydrogens is 593 g/mol. The average Bonchev–Trinajstić information content (AvgIpc) is 2.74. The van der Waals surface area contributed by atoms with Crippen LogP contribution in [0.5, 0.6) is 0 Å². The fourth-order valence-corrected chi connectivity index (χ4v) is 3.03. The summed E-state index contributed by atoms with van der Waals surface area (Å²) in [6.45, 7) is 10.6. The Labute approximate surface area is 212 Å². The van der Waals surface area contributed by atoms with Crippen LogP contribution < -0.4 is 0 Å². The van der Waals surface area contributed by atoms with Crippen LogP contribution in [0.3, 0.4) is 0 Å². The van der Waals surface area contributed by atoms with E-state index >= 15 is 0 Å². The van der Waals surface area contributed by atoms with Crippen molar-refractivity contribution in [2.24, 2.45) is 9.98 Å². The second kappa shape index (κ2) is 13.1. The number of hydrogen-bond donors (Lipinski definition) is 0. The second-order valence-electron chi connectivity index (χ2n) is 8.12. The Morgan fingerprint density at radius 1 is 0.719 bits per heavy atom. The van der Waals surface area contributed by atoms with Gasteiger partial charge in [0.15, 0.2) is 0 Å². The van der Waals surface area contributed by atoms with Gasteiger partial charge in [-0.2, -0.15) is 0 Å². The van der Waals surface area contributed by atoms with Gasteiger partial charge in [-0.1, -0.05) is 63.2 Å². The van der Waals surface area contributed by atoms with Gasteiger partial charge in [0.25, 0.3) is 0 Å². The van der Waals surface area contributed by atoms with Gasteiger partial charge < -0.3 is 0 Å². The first-order valence-electron chi connectivity index (χ1n) is 10.1. The van der Waals surface area contributed by atoms with Gasteiger partial charge in [-0.05, 0) is 55.2 Å². The molecule has 0 atom stereocenters. The zero-order valence-corrected chi connectivity index (χ0v) is 24.4. The molecular formula is C25H27Cl3N3Nd. The monoisotopic (exact) mass is 616 g/mol. The Balaban J connectivity index is 0.000000837. The molecule has 2 aromatic carbocycles. The predicted molar refractivity (Wildman–Crippen MR) is 137 cm³/mol. The van der Waals surface area contributed by atoms with E-state index in [0.29, 0.717) is 0 Å². The summed E-state index contributed by atoms with van der Waals surface area (Å²) in [5.74, 6) is 15.1. The summed E-state index contributed by atoms with van der Waals surface area (Å²) < 4.78 is 0. The van der Waals surface area contributed by atoms with Crippen molar-refractivity contribution < 1.29 is 29.9 Å². The quantitative estimate of drug-likeness (QED) is 0.269. The number of pyridine rings is 1. The van der Waals surface area contributed by atoms with E-state index in [2.05, 4.69) is 44.0 Å². The minimum atomic E-state index is -2.24. The van der Waals surface area contributed by atoms with E-state index in [9.17, 15) is 0 Å². The number of aromatic nitrogens is 1. The molecule has 0 fully saturated rings. The van der Waals surface area contributed by atoms with Crippen LogP contribution in [0.2, 0.25) is 0 Å². The summed E-state index contributed by atoms with van der Waals surface area (Å²) in [4.78, 5) is 14.4. The standard InChI is InChI=1S/C25H27N3.3ClH.Nd/c1-18(26-20-12-7-6-8-13-20)22-16-11-17-23(28-22)19(2)27-24-15-10-9-14-21(24)25(3,4)5;;;;/h6-17H,1-5H3;3*1H;/q;;;;+3/p-3. The van der Waals surface area contributed by atoms with Crippen LogP contribution in [-0.4, -0.2) is 16.4 Å². The normalized spacial score (nSPS) is 12.1. The molecule has 0 N–H and O–H groups in total. The third-order valence-electron chi connectivity index (χ3n) is 4.54. The molecule has 0 bridgehead atoms. The fraction of sp³-hybridized carbons (Fsp3) is 0.240. The van der Waals surface area contributed by atoms with Gasteiger partial charge in [0.2, 0.25) is 0 Å². The third-order valence-corrected chi connectivity index (χ3v) is 4.54. The van der Waals surface area contributed by atoms with Gasteiger partial charge >= 0.3 is 47.3 Å². The van der Waals surface area contributed by atoms with E-state index in [4.69, 9.17) is 27.4 Å². The van der Waals surface area contributed by atoms with E-state index in [0.717, 1.165) is 34.2 Å². The molecule has 0 saturated heterocycles. The van der Waals surface area contributed by atoms with Gasteiger partial charge in [-0.25, -0.2) is 4.98 Å². The first kappa shape index (κ1) is 27.4. The van der Waals surface area contributed by atoms with Gasteiger partial charge in [0.05, 0.1) is 34.2 Å². The Morgan fingerprint density at radius 2 is 1.22 bits per heavy atom. The molecule has 0 aliphatic rings. The molecule has 0 spiro atoms. The molecule has 3 aromatic rings. The maximum atomic E-state index is 5.02. The van der Waals surface area contributed by atoms with Crippen molar-refractivity contribution in [2.45, 2.75) is 40.0 Å². The Kier molecular flexibility index (Phi) is 11.3. The van der Waals surface area contributed by atoms with E-state index < -0.39 is 29.9 Å². The molecule has 1 heterocycles. The van der Waals surface area contributed by atoms with Crippen molar-refractivity contribution in [3.8, 4) is 0 Å². The van der Waals surface area contributed by atoms with Crippen LogP contribution in [0.15, 0.2) is 82.8 Å². The van der Waals surface area contributed by atoms with Crippen LogP contribution in [0.4, 0.5) is 11.4 Å². The molecule has 167 valence electrons. The van der Waals surface area contributed by atoms with E-state index in [1.54, 1.807) is 0 Å². The van der Waals surface area contributed by atoms with Gasteiger partial charge in [0, 0.05) is 0 Å². The van der Waals surface area contributed by atoms with Crippen molar-refractivity contribution in [3.63, 3.8) is 0 Å². The SMILES string of the molecule is CC(=Nc1ccccc1)c1cccc(C(C)=Nc2ccccc2C(C)(C)C)n1.[Cl][Nd]([Cl])[Cl]. The van der Waals surface area contributed by atoms with E-state index in [1.165, 1.54) is 5.56 Å². The number of rotatable bonds is 4. The molecule has 0 unspecified atom stereocenters. The summed E-state index contributed by atoms with van der Waals surface area (Å²) >= 11 is -2.24. The molecule has 1 aromatic heterocycles. The third kappa shape index (κ3) is 9.18. The molecule has 3 rings (SSSR count). The first-order valence-corrected chi connectivity index (χ1v) is 22.2. The van der Waals surface area contributed by atoms with Crippen LogP contribution in [0, 0.1) is 29.9 Å². The number of aliphatic imine (C=N–C) groups is 2. The topological polar surface area (TPSA) is 37.6 Å². The number of hydrogen-bond acceptors (Lipinski definition) is 3. The summed E-state index contributed by atoms with van der Waals surface area (Å²) in [6, 6.07) is 24.2. The summed E-state index contributed by atoms with van der Waals surface area (Å²) in [6.07, 6.45) is 0. The van der Waals surface area contributed by atoms with Crippen molar-refractivity contribution in [3.05, 3.63) is 89.7 Å². The zero-order valence-electron chi connectivity index (χ0n) is 18.9. The summed E-state index contributed by atoms with van der Waals surface area (Å²) in [5, 5.41) is 0. The maximum absolute atomic E-state index is 5.02. The van der Waals surface area contributed by atoms with Crippen molar-refractivity contribution in [2.75, 3.05) is 0 Å². The number of nitrogens with zero attached hydrogens (tertiary/aromatic N) is 3. The molecule has 0 saturated carbocycles. The molecule has 7 heteroatoms. The summed E-state index contributed by atoms with van der Waals surface area (Å²) in [7, 11) is 0. The van der Waals surface area contributed by atoms with Crippen LogP contribution in [0.25, 0.3) is 0 Å². The van der Waals surface area contributed by atoms with Crippen LogP contribution in [-0.2, 0) is 5.41 Å². The van der Waals surface area contributed by atoms with Crippen LogP contribution in [0.1, 0.15) is 51.6 Å². The van der Waals surface area contributed by atoms with Gasteiger partial charge in [-0.15, -0.1) is 0 Å². The van der Waals surface area contributed by atoms with Crippen molar-refractivity contribution >= 4 is 40.2 Å². The van der Waals surface area contributed by atoms with Crippen molar-refractivity contribution in [1.29, 1.82) is 0 Å². The molecule has 3 nitrogen and oxygen atoms in total. The van der Waals surface area contributed by atoms with Gasteiger partial charge in [-0.3, -0.25) is 9.98 Å². The second-order valence-corrected chi connectivity index (χ2v) is 22.2. The molecule has 0 radical (unpaired) electrons. The molecule has 0 aliphatic carbocycles. The average molecular weight is 620 g/mol.